The van der Waals surface area contributed by atoms with Crippen molar-refractivity contribution in [2.75, 3.05) is 0 Å². The third-order valence-electron chi connectivity index (χ3n) is 4.78. The summed E-state index contributed by atoms with van der Waals surface area (Å²) >= 11 is 7.59. The van der Waals surface area contributed by atoms with Crippen LogP contribution < -0.4 is 0 Å². The number of Topliss-reactive ketones (excluding diaryl/α,β-unsaturated/α-hetero) is 1. The van der Waals surface area contributed by atoms with Crippen LogP contribution in [0.1, 0.15) is 57.4 Å². The molecule has 3 rings (SSSR count). The molecule has 0 unspecified atom stereocenters. The average molecular weight is 430 g/mol. The normalized spacial score (nSPS) is 10.4. The third-order valence-corrected chi connectivity index (χ3v) is 6.18. The minimum atomic E-state index is 0.109. The Balaban J connectivity index is 0.000000234. The van der Waals surface area contributed by atoms with E-state index in [0.29, 0.717) is 16.5 Å². The van der Waals surface area contributed by atoms with Gasteiger partial charge in [0.25, 0.3) is 0 Å². The van der Waals surface area contributed by atoms with E-state index in [0.717, 1.165) is 28.0 Å². The van der Waals surface area contributed by atoms with Gasteiger partial charge in [-0.2, -0.15) is 0 Å². The average Bonchev–Trinajstić information content (AvgIpc) is 3.18. The van der Waals surface area contributed by atoms with Crippen molar-refractivity contribution >= 4 is 28.7 Å². The van der Waals surface area contributed by atoms with Crippen LogP contribution in [0.15, 0.2) is 36.5 Å². The highest BCUT2D eigenvalue weighted by atomic mass is 35.5. The fourth-order valence-corrected chi connectivity index (χ4v) is 4.10. The molecule has 0 aliphatic heterocycles. The van der Waals surface area contributed by atoms with Crippen LogP contribution in [0.5, 0.6) is 0 Å². The van der Waals surface area contributed by atoms with E-state index in [1.807, 2.05) is 44.2 Å². The van der Waals surface area contributed by atoms with Crippen molar-refractivity contribution in [3.8, 4) is 10.4 Å². The summed E-state index contributed by atoms with van der Waals surface area (Å²) in [5, 5.41) is 10.1. The second kappa shape index (κ2) is 10.7. The van der Waals surface area contributed by atoms with Crippen molar-refractivity contribution < 1.29 is 9.90 Å². The van der Waals surface area contributed by atoms with Crippen molar-refractivity contribution in [1.29, 1.82) is 0 Å². The first-order valence-electron chi connectivity index (χ1n) is 9.70. The van der Waals surface area contributed by atoms with Crippen LogP contribution >= 0.6 is 22.9 Å². The van der Waals surface area contributed by atoms with Crippen LogP contribution in [0.2, 0.25) is 5.02 Å². The molecule has 0 saturated heterocycles. The topological polar surface area (TPSA) is 50.2 Å². The van der Waals surface area contributed by atoms with Gasteiger partial charge in [-0.05, 0) is 68.5 Å². The van der Waals surface area contributed by atoms with Crippen molar-refractivity contribution in [2.45, 2.75) is 54.1 Å². The van der Waals surface area contributed by atoms with Crippen molar-refractivity contribution in [3.05, 3.63) is 74.4 Å². The molecule has 1 N–H and O–H groups in total. The Morgan fingerprint density at radius 1 is 1.10 bits per heavy atom. The number of aliphatic hydroxyl groups excluding tert-OH is 1. The fourth-order valence-electron chi connectivity index (χ4n) is 2.91. The summed E-state index contributed by atoms with van der Waals surface area (Å²) in [6.07, 6.45) is 3.13. The zero-order valence-electron chi connectivity index (χ0n) is 17.7. The van der Waals surface area contributed by atoms with Crippen molar-refractivity contribution in [1.82, 2.24) is 4.98 Å². The number of aromatic nitrogens is 1. The van der Waals surface area contributed by atoms with Gasteiger partial charge in [-0.25, -0.2) is 4.98 Å². The molecule has 1 heterocycles. The van der Waals surface area contributed by atoms with Gasteiger partial charge in [0.05, 0.1) is 11.5 Å². The molecule has 3 nitrogen and oxygen atoms in total. The SMILES string of the molecule is CCCC(=O)c1ncc(-c2cc(C)ccc2Cl)s1.Cc1cc(CO)cc(C)c1C. The number of hydrogen-bond donors (Lipinski definition) is 1. The summed E-state index contributed by atoms with van der Waals surface area (Å²) in [5.41, 5.74) is 6.94. The van der Waals surface area contributed by atoms with Gasteiger partial charge in [0.15, 0.2) is 10.8 Å². The minimum Gasteiger partial charge on any atom is -0.392 e. The lowest BCUT2D eigenvalue weighted by Gasteiger charge is -2.06. The standard InChI is InChI=1S/C14H14ClNOS.C10H14O/c1-3-4-12(17)14-16-8-13(18-14)10-7-9(2)5-6-11(10)15;1-7-4-10(6-11)5-8(2)9(7)3/h5-8H,3-4H2,1-2H3;4-5,11H,6H2,1-3H3. The zero-order valence-corrected chi connectivity index (χ0v) is 19.2. The Labute approximate surface area is 182 Å². The number of carbonyl (C=O) groups excluding carboxylic acids is 1. The number of carbonyl (C=O) groups is 1. The summed E-state index contributed by atoms with van der Waals surface area (Å²) in [6.45, 7) is 10.4. The molecule has 0 aliphatic rings. The first-order valence-corrected chi connectivity index (χ1v) is 10.9. The first-order chi connectivity index (χ1) is 13.8. The predicted molar refractivity (Wildman–Crippen MR) is 123 cm³/mol. The van der Waals surface area contributed by atoms with Crippen LogP contribution in [-0.4, -0.2) is 15.9 Å². The molecular formula is C24H28ClNO2S. The van der Waals surface area contributed by atoms with E-state index >= 15 is 0 Å². The predicted octanol–water partition coefficient (Wildman–Crippen LogP) is 6.86. The molecule has 5 heteroatoms. The second-order valence-corrected chi connectivity index (χ2v) is 8.64. The lowest BCUT2D eigenvalue weighted by atomic mass is 10.0. The molecule has 0 aliphatic carbocycles. The number of aryl methyl sites for hydroxylation is 3. The van der Waals surface area contributed by atoms with Crippen LogP contribution in [0.3, 0.4) is 0 Å². The molecule has 0 spiro atoms. The molecule has 0 atom stereocenters. The monoisotopic (exact) mass is 429 g/mol. The molecule has 3 aromatic rings. The Morgan fingerprint density at radius 2 is 1.76 bits per heavy atom. The maximum absolute atomic E-state index is 11.8. The highest BCUT2D eigenvalue weighted by molar-refractivity contribution is 7.17. The van der Waals surface area contributed by atoms with Crippen LogP contribution in [-0.2, 0) is 6.61 Å². The van der Waals surface area contributed by atoms with Crippen molar-refractivity contribution in [3.63, 3.8) is 0 Å². The lowest BCUT2D eigenvalue weighted by molar-refractivity contribution is 0.0981. The molecular weight excluding hydrogens is 402 g/mol. The summed E-state index contributed by atoms with van der Waals surface area (Å²) in [7, 11) is 0. The van der Waals surface area contributed by atoms with Crippen LogP contribution in [0.4, 0.5) is 0 Å². The van der Waals surface area contributed by atoms with Crippen molar-refractivity contribution in [2.24, 2.45) is 0 Å². The summed E-state index contributed by atoms with van der Waals surface area (Å²) in [6, 6.07) is 9.92. The molecule has 2 aromatic carbocycles. The van der Waals surface area contributed by atoms with E-state index in [4.69, 9.17) is 16.7 Å². The Hall–Kier alpha value is -2.01. The zero-order chi connectivity index (χ0) is 21.6. The van der Waals surface area contributed by atoms with Gasteiger partial charge in [-0.1, -0.05) is 42.3 Å². The fraction of sp³-hybridized carbons (Fsp3) is 0.333. The first kappa shape index (κ1) is 23.3. The van der Waals surface area contributed by atoms with E-state index in [2.05, 4.69) is 25.8 Å². The smallest absolute Gasteiger partial charge is 0.191 e. The minimum absolute atomic E-state index is 0.109. The molecule has 0 bridgehead atoms. The van der Waals surface area contributed by atoms with E-state index in [-0.39, 0.29) is 12.4 Å². The Bertz CT molecular complexity index is 971. The van der Waals surface area contributed by atoms with Gasteiger partial charge in [-0.3, -0.25) is 4.79 Å². The highest BCUT2D eigenvalue weighted by Gasteiger charge is 2.13. The molecule has 154 valence electrons. The second-order valence-electron chi connectivity index (χ2n) is 7.20. The number of nitrogens with zero attached hydrogens (tertiary/aromatic N) is 1. The number of benzene rings is 2. The quantitative estimate of drug-likeness (QED) is 0.450. The van der Waals surface area contributed by atoms with E-state index in [9.17, 15) is 4.79 Å². The number of hydrogen-bond acceptors (Lipinski definition) is 4. The van der Waals surface area contributed by atoms with E-state index < -0.39 is 0 Å². The molecule has 0 saturated carbocycles. The van der Waals surface area contributed by atoms with Gasteiger partial charge >= 0.3 is 0 Å². The van der Waals surface area contributed by atoms with Gasteiger partial charge in [0, 0.05) is 23.2 Å². The molecule has 0 radical (unpaired) electrons. The maximum Gasteiger partial charge on any atom is 0.191 e. The molecule has 0 fully saturated rings. The Kier molecular flexibility index (Phi) is 8.57. The number of halogens is 1. The van der Waals surface area contributed by atoms with Gasteiger partial charge < -0.3 is 5.11 Å². The van der Waals surface area contributed by atoms with E-state index in [1.165, 1.54) is 28.0 Å². The van der Waals surface area contributed by atoms with Crippen LogP contribution in [0.25, 0.3) is 10.4 Å². The number of ketones is 1. The number of thiazole rings is 1. The summed E-state index contributed by atoms with van der Waals surface area (Å²) < 4.78 is 0. The summed E-state index contributed by atoms with van der Waals surface area (Å²) in [5.74, 6) is 0.109. The summed E-state index contributed by atoms with van der Waals surface area (Å²) in [4.78, 5) is 16.9. The van der Waals surface area contributed by atoms with Crippen LogP contribution in [0, 0.1) is 27.7 Å². The molecule has 29 heavy (non-hydrogen) atoms. The molecule has 0 amide bonds. The maximum atomic E-state index is 11.8. The molecule has 1 aromatic heterocycles. The number of aliphatic hydroxyl groups is 1. The Morgan fingerprint density at radius 3 is 2.34 bits per heavy atom. The van der Waals surface area contributed by atoms with E-state index in [1.54, 1.807) is 6.20 Å². The van der Waals surface area contributed by atoms with Gasteiger partial charge in [0.1, 0.15) is 0 Å². The lowest BCUT2D eigenvalue weighted by Crippen LogP contribution is -1.95. The highest BCUT2D eigenvalue weighted by Crippen LogP contribution is 2.33. The number of rotatable bonds is 5. The largest absolute Gasteiger partial charge is 0.392 e. The van der Waals surface area contributed by atoms with Gasteiger partial charge in [0.2, 0.25) is 0 Å². The third kappa shape index (κ3) is 6.23. The van der Waals surface area contributed by atoms with Gasteiger partial charge in [-0.15, -0.1) is 11.3 Å².